The molecule has 3 heterocycles. The molecule has 1 unspecified atom stereocenters. The molecular weight excluding hydrogens is 284 g/mol. The van der Waals surface area contributed by atoms with Gasteiger partial charge in [0, 0.05) is 35.1 Å². The normalized spacial score (nSPS) is 20.8. The molecule has 120 valence electrons. The van der Waals surface area contributed by atoms with Crippen molar-refractivity contribution in [2.24, 2.45) is 0 Å². The standard InChI is InChI=1S/C19H24N4/c1-4-13-10-20-19-18(13)16-9-17(23-19)22-15-6-5-11(2)7-14(15)8-12(3)21-16/h7,9-10,12,21H,4-6,8H2,1-3H3,(H2,20,22,23). The predicted octanol–water partition coefficient (Wildman–Crippen LogP) is 4.74. The minimum absolute atomic E-state index is 0.389. The molecule has 2 aromatic rings. The molecule has 4 nitrogen and oxygen atoms in total. The highest BCUT2D eigenvalue weighted by Crippen LogP contribution is 2.34. The maximum atomic E-state index is 4.79. The van der Waals surface area contributed by atoms with Crippen LogP contribution >= 0.6 is 0 Å². The van der Waals surface area contributed by atoms with Gasteiger partial charge in [-0.2, -0.15) is 0 Å². The van der Waals surface area contributed by atoms with E-state index in [9.17, 15) is 0 Å². The van der Waals surface area contributed by atoms with Crippen molar-refractivity contribution in [3.8, 4) is 0 Å². The summed E-state index contributed by atoms with van der Waals surface area (Å²) in [6.07, 6.45) is 8.68. The van der Waals surface area contributed by atoms with E-state index in [1.165, 1.54) is 33.5 Å². The van der Waals surface area contributed by atoms with Crippen LogP contribution in [0.2, 0.25) is 0 Å². The van der Waals surface area contributed by atoms with Crippen LogP contribution in [0.4, 0.5) is 11.5 Å². The second kappa shape index (κ2) is 5.44. The van der Waals surface area contributed by atoms with E-state index in [1.54, 1.807) is 0 Å². The molecule has 1 aliphatic carbocycles. The molecule has 0 amide bonds. The van der Waals surface area contributed by atoms with Crippen molar-refractivity contribution in [2.45, 2.75) is 52.5 Å². The predicted molar refractivity (Wildman–Crippen MR) is 96.8 cm³/mol. The van der Waals surface area contributed by atoms with Crippen LogP contribution in [0.15, 0.2) is 35.2 Å². The second-order valence-corrected chi connectivity index (χ2v) is 6.82. The van der Waals surface area contributed by atoms with Crippen LogP contribution in [0, 0.1) is 0 Å². The highest BCUT2D eigenvalue weighted by atomic mass is 15.0. The Morgan fingerprint density at radius 2 is 2.17 bits per heavy atom. The van der Waals surface area contributed by atoms with E-state index in [0.29, 0.717) is 6.04 Å². The molecular formula is C19H24N4. The van der Waals surface area contributed by atoms with E-state index in [-0.39, 0.29) is 0 Å². The van der Waals surface area contributed by atoms with Gasteiger partial charge in [0.1, 0.15) is 11.5 Å². The summed E-state index contributed by atoms with van der Waals surface area (Å²) in [4.78, 5) is 8.12. The van der Waals surface area contributed by atoms with Gasteiger partial charge in [-0.15, -0.1) is 0 Å². The monoisotopic (exact) mass is 308 g/mol. The van der Waals surface area contributed by atoms with Crippen molar-refractivity contribution < 1.29 is 0 Å². The van der Waals surface area contributed by atoms with Gasteiger partial charge in [0.15, 0.2) is 0 Å². The molecule has 0 aromatic carbocycles. The van der Waals surface area contributed by atoms with Crippen molar-refractivity contribution in [3.63, 3.8) is 0 Å². The summed E-state index contributed by atoms with van der Waals surface area (Å²) < 4.78 is 0. The number of pyridine rings is 1. The van der Waals surface area contributed by atoms with Crippen LogP contribution in [0.1, 0.15) is 45.6 Å². The van der Waals surface area contributed by atoms with Gasteiger partial charge in [-0.3, -0.25) is 0 Å². The van der Waals surface area contributed by atoms with Crippen molar-refractivity contribution in [3.05, 3.63) is 40.7 Å². The summed E-state index contributed by atoms with van der Waals surface area (Å²) in [5.41, 5.74) is 7.68. The van der Waals surface area contributed by atoms with Crippen LogP contribution in [-0.2, 0) is 6.42 Å². The third-order valence-electron chi connectivity index (χ3n) is 4.89. The number of anilines is 2. The van der Waals surface area contributed by atoms with E-state index < -0.39 is 0 Å². The maximum Gasteiger partial charge on any atom is 0.142 e. The largest absolute Gasteiger partial charge is 0.382 e. The van der Waals surface area contributed by atoms with Gasteiger partial charge in [0.2, 0.25) is 0 Å². The zero-order valence-corrected chi connectivity index (χ0v) is 14.1. The highest BCUT2D eigenvalue weighted by Gasteiger charge is 2.20. The van der Waals surface area contributed by atoms with Crippen LogP contribution < -0.4 is 10.6 Å². The summed E-state index contributed by atoms with van der Waals surface area (Å²) in [5, 5.41) is 8.53. The first-order chi connectivity index (χ1) is 11.1. The molecule has 2 aliphatic rings. The van der Waals surface area contributed by atoms with Gasteiger partial charge in [-0.05, 0) is 50.7 Å². The molecule has 1 atom stereocenters. The smallest absolute Gasteiger partial charge is 0.142 e. The molecule has 0 saturated carbocycles. The molecule has 0 spiro atoms. The quantitative estimate of drug-likeness (QED) is 0.713. The molecule has 0 radical (unpaired) electrons. The first-order valence-corrected chi connectivity index (χ1v) is 8.57. The van der Waals surface area contributed by atoms with E-state index in [2.05, 4.69) is 54.7 Å². The van der Waals surface area contributed by atoms with Crippen LogP contribution in [0.5, 0.6) is 0 Å². The molecule has 23 heavy (non-hydrogen) atoms. The van der Waals surface area contributed by atoms with Gasteiger partial charge < -0.3 is 15.6 Å². The molecule has 2 aromatic heterocycles. The molecule has 0 saturated heterocycles. The number of allylic oxidation sites excluding steroid dienone is 3. The van der Waals surface area contributed by atoms with E-state index >= 15 is 0 Å². The number of nitrogens with zero attached hydrogens (tertiary/aromatic N) is 1. The SMILES string of the molecule is CCc1c[nH]c2nc3cc(c12)NC(C)CC1=C(CCC(C)=C1)N3. The van der Waals surface area contributed by atoms with Crippen molar-refractivity contribution >= 4 is 22.5 Å². The molecule has 4 rings (SSSR count). The number of hydrogen-bond donors (Lipinski definition) is 3. The van der Waals surface area contributed by atoms with Gasteiger partial charge in [-0.1, -0.05) is 18.6 Å². The van der Waals surface area contributed by atoms with Gasteiger partial charge in [0.25, 0.3) is 0 Å². The first kappa shape index (κ1) is 14.4. The number of rotatable bonds is 1. The lowest BCUT2D eigenvalue weighted by Gasteiger charge is -2.21. The lowest BCUT2D eigenvalue weighted by molar-refractivity contribution is 0.767. The maximum absolute atomic E-state index is 4.79. The van der Waals surface area contributed by atoms with E-state index in [0.717, 1.165) is 37.1 Å². The molecule has 0 fully saturated rings. The molecule has 1 aliphatic heterocycles. The third-order valence-corrected chi connectivity index (χ3v) is 4.89. The van der Waals surface area contributed by atoms with E-state index in [1.807, 2.05) is 0 Å². The summed E-state index contributed by atoms with van der Waals surface area (Å²) in [6.45, 7) is 6.68. The van der Waals surface area contributed by atoms with Crippen molar-refractivity contribution in [1.29, 1.82) is 0 Å². The van der Waals surface area contributed by atoms with Gasteiger partial charge >= 0.3 is 0 Å². The Morgan fingerprint density at radius 3 is 3.00 bits per heavy atom. The number of hydrogen-bond acceptors (Lipinski definition) is 3. The van der Waals surface area contributed by atoms with Crippen LogP contribution in [0.3, 0.4) is 0 Å². The zero-order chi connectivity index (χ0) is 16.0. The topological polar surface area (TPSA) is 52.7 Å². The average molecular weight is 308 g/mol. The zero-order valence-electron chi connectivity index (χ0n) is 14.1. The Labute approximate surface area is 137 Å². The number of fused-ring (bicyclic) bond motifs is 4. The Kier molecular flexibility index (Phi) is 3.40. The lowest BCUT2D eigenvalue weighted by atomic mass is 9.93. The fourth-order valence-corrected chi connectivity index (χ4v) is 3.72. The fourth-order valence-electron chi connectivity index (χ4n) is 3.72. The summed E-state index contributed by atoms with van der Waals surface area (Å²) >= 11 is 0. The lowest BCUT2D eigenvalue weighted by Crippen LogP contribution is -2.17. The van der Waals surface area contributed by atoms with Crippen LogP contribution in [0.25, 0.3) is 11.0 Å². The third kappa shape index (κ3) is 2.52. The average Bonchev–Trinajstić information content (AvgIpc) is 2.94. The van der Waals surface area contributed by atoms with Crippen LogP contribution in [-0.4, -0.2) is 16.0 Å². The first-order valence-electron chi connectivity index (χ1n) is 8.57. The number of aromatic nitrogens is 2. The second-order valence-electron chi connectivity index (χ2n) is 6.82. The molecule has 2 bridgehead atoms. The minimum atomic E-state index is 0.389. The fraction of sp³-hybridized carbons (Fsp3) is 0.421. The Balaban J connectivity index is 1.86. The van der Waals surface area contributed by atoms with Gasteiger partial charge in [0.05, 0.1) is 0 Å². The minimum Gasteiger partial charge on any atom is -0.382 e. The molecule has 3 N–H and O–H groups in total. The number of H-pyrrole nitrogens is 1. The number of aromatic amines is 1. The van der Waals surface area contributed by atoms with Gasteiger partial charge in [-0.25, -0.2) is 4.98 Å². The van der Waals surface area contributed by atoms with Crippen molar-refractivity contribution in [2.75, 3.05) is 10.6 Å². The molecule has 4 heteroatoms. The van der Waals surface area contributed by atoms with Crippen molar-refractivity contribution in [1.82, 2.24) is 9.97 Å². The Hall–Kier alpha value is -2.23. The number of aryl methyl sites for hydroxylation is 1. The van der Waals surface area contributed by atoms with E-state index in [4.69, 9.17) is 4.98 Å². The Morgan fingerprint density at radius 1 is 1.30 bits per heavy atom. The summed E-state index contributed by atoms with van der Waals surface area (Å²) in [5.74, 6) is 0.930. The summed E-state index contributed by atoms with van der Waals surface area (Å²) in [6, 6.07) is 2.55. The highest BCUT2D eigenvalue weighted by molar-refractivity contribution is 5.94. The Bertz CT molecular complexity index is 825. The number of nitrogens with one attached hydrogen (secondary N) is 3. The summed E-state index contributed by atoms with van der Waals surface area (Å²) in [7, 11) is 0.